The predicted octanol–water partition coefficient (Wildman–Crippen LogP) is -0.512. The third kappa shape index (κ3) is 8.99. The number of hydrogen-bond donors (Lipinski definition) is 7. The maximum atomic E-state index is 13.3. The van der Waals surface area contributed by atoms with Gasteiger partial charge in [0.2, 0.25) is 17.7 Å². The summed E-state index contributed by atoms with van der Waals surface area (Å²) >= 11 is 0. The van der Waals surface area contributed by atoms with Crippen molar-refractivity contribution in [2.75, 3.05) is 0 Å². The van der Waals surface area contributed by atoms with Gasteiger partial charge in [-0.25, -0.2) is 9.78 Å². The Bertz CT molecular complexity index is 1030. The summed E-state index contributed by atoms with van der Waals surface area (Å²) in [4.78, 5) is 57.3. The fourth-order valence-corrected chi connectivity index (χ4v) is 3.65. The number of aromatic nitrogens is 2. The topological polar surface area (TPSA) is 200 Å². The number of imidazole rings is 1. The lowest BCUT2D eigenvalue weighted by Crippen LogP contribution is -2.60. The van der Waals surface area contributed by atoms with E-state index in [1.54, 1.807) is 6.92 Å². The Kier molecular flexibility index (Phi) is 11.2. The summed E-state index contributed by atoms with van der Waals surface area (Å²) in [6.45, 7) is 4.87. The molecule has 6 unspecified atom stereocenters. The molecule has 1 aromatic heterocycles. The van der Waals surface area contributed by atoms with E-state index in [1.807, 2.05) is 37.3 Å². The second-order valence-electron chi connectivity index (χ2n) is 9.08. The number of carboxylic acids is 1. The highest BCUT2D eigenvalue weighted by atomic mass is 16.4. The average Bonchev–Trinajstić information content (AvgIpc) is 3.37. The molecule has 0 spiro atoms. The van der Waals surface area contributed by atoms with Gasteiger partial charge in [0.15, 0.2) is 6.04 Å². The fraction of sp³-hybridized carbons (Fsp3) is 0.480. The van der Waals surface area contributed by atoms with Gasteiger partial charge >= 0.3 is 5.97 Å². The summed E-state index contributed by atoms with van der Waals surface area (Å²) in [5, 5.41) is 26.7. The molecule has 1 aromatic carbocycles. The van der Waals surface area contributed by atoms with E-state index in [2.05, 4.69) is 25.9 Å². The number of aliphatic carboxylic acids is 1. The normalized spacial score (nSPS) is 15.9. The molecule has 12 heteroatoms. The molecule has 0 aliphatic carbocycles. The number of H-pyrrole nitrogens is 1. The molecule has 2 aromatic rings. The summed E-state index contributed by atoms with van der Waals surface area (Å²) in [6, 6.07) is 4.55. The predicted molar refractivity (Wildman–Crippen MR) is 135 cm³/mol. The highest BCUT2D eigenvalue weighted by Gasteiger charge is 2.33. The molecule has 6 atom stereocenters. The number of aliphatic hydroxyl groups excluding tert-OH is 1. The number of amides is 3. The maximum Gasteiger partial charge on any atom is 0.328 e. The molecule has 0 fully saturated rings. The fourth-order valence-electron chi connectivity index (χ4n) is 3.65. The number of carbonyl (C=O) groups excluding carboxylic acids is 3. The molecular weight excluding hydrogens is 480 g/mol. The van der Waals surface area contributed by atoms with Crippen molar-refractivity contribution >= 4 is 23.7 Å². The van der Waals surface area contributed by atoms with Crippen molar-refractivity contribution in [1.82, 2.24) is 25.9 Å². The number of benzene rings is 1. The van der Waals surface area contributed by atoms with Gasteiger partial charge in [0.05, 0.1) is 18.5 Å². The Morgan fingerprint density at radius 3 is 2.16 bits per heavy atom. The quantitative estimate of drug-likeness (QED) is 0.174. The minimum Gasteiger partial charge on any atom is -0.480 e. The summed E-state index contributed by atoms with van der Waals surface area (Å²) < 4.78 is 0. The van der Waals surface area contributed by atoms with Gasteiger partial charge in [-0.15, -0.1) is 0 Å². The van der Waals surface area contributed by atoms with Crippen LogP contribution in [0.5, 0.6) is 0 Å². The first-order valence-corrected chi connectivity index (χ1v) is 12.1. The van der Waals surface area contributed by atoms with Crippen LogP contribution in [0.2, 0.25) is 0 Å². The minimum absolute atomic E-state index is 0.0293. The van der Waals surface area contributed by atoms with E-state index < -0.39 is 54.0 Å². The standard InChI is InChI=1S/C25H36N6O6/c1-4-14(2)20(30-22(33)18(26)10-16-8-6-5-7-9-16)24(35)29-19(11-17-12-27-13-28-17)23(34)31-21(15(3)32)25(36)37/h5-9,12-15,18-21,32H,4,10-11,26H2,1-3H3,(H,27,28)(H,29,35)(H,30,33)(H,31,34)(H,36,37). The van der Waals surface area contributed by atoms with Crippen LogP contribution in [-0.4, -0.2) is 74.1 Å². The molecule has 3 amide bonds. The zero-order chi connectivity index (χ0) is 27.5. The lowest BCUT2D eigenvalue weighted by atomic mass is 9.96. The lowest BCUT2D eigenvalue weighted by molar-refractivity contribution is -0.145. The SMILES string of the molecule is CCC(C)C(NC(=O)C(N)Cc1ccccc1)C(=O)NC(Cc1cnc[nH]1)C(=O)NC(C(=O)O)C(C)O. The molecule has 0 saturated heterocycles. The van der Waals surface area contributed by atoms with Gasteiger partial charge < -0.3 is 36.9 Å². The number of hydrogen-bond acceptors (Lipinski definition) is 7. The van der Waals surface area contributed by atoms with Gasteiger partial charge in [-0.2, -0.15) is 0 Å². The van der Waals surface area contributed by atoms with Crippen LogP contribution in [0.1, 0.15) is 38.4 Å². The Morgan fingerprint density at radius 2 is 1.62 bits per heavy atom. The van der Waals surface area contributed by atoms with E-state index in [4.69, 9.17) is 5.73 Å². The number of nitrogens with one attached hydrogen (secondary N) is 4. The molecule has 37 heavy (non-hydrogen) atoms. The van der Waals surface area contributed by atoms with Crippen LogP contribution in [0.15, 0.2) is 42.9 Å². The van der Waals surface area contributed by atoms with Crippen LogP contribution in [0.4, 0.5) is 0 Å². The molecule has 0 aliphatic rings. The third-order valence-electron chi connectivity index (χ3n) is 6.09. The summed E-state index contributed by atoms with van der Waals surface area (Å²) in [5.41, 5.74) is 7.48. The molecule has 0 bridgehead atoms. The first-order valence-electron chi connectivity index (χ1n) is 12.1. The van der Waals surface area contributed by atoms with Crippen molar-refractivity contribution < 1.29 is 29.4 Å². The van der Waals surface area contributed by atoms with Crippen molar-refractivity contribution in [2.45, 2.75) is 70.3 Å². The van der Waals surface area contributed by atoms with Crippen LogP contribution < -0.4 is 21.7 Å². The van der Waals surface area contributed by atoms with Crippen molar-refractivity contribution in [3.63, 3.8) is 0 Å². The number of rotatable bonds is 14. The van der Waals surface area contributed by atoms with E-state index in [0.29, 0.717) is 12.1 Å². The Morgan fingerprint density at radius 1 is 0.973 bits per heavy atom. The molecular formula is C25H36N6O6. The van der Waals surface area contributed by atoms with Crippen LogP contribution >= 0.6 is 0 Å². The number of nitrogens with zero attached hydrogens (tertiary/aromatic N) is 1. The Balaban J connectivity index is 2.18. The third-order valence-corrected chi connectivity index (χ3v) is 6.09. The van der Waals surface area contributed by atoms with Gasteiger partial charge in [0, 0.05) is 18.3 Å². The molecule has 0 radical (unpaired) electrons. The van der Waals surface area contributed by atoms with Gasteiger partial charge in [0.25, 0.3) is 0 Å². The van der Waals surface area contributed by atoms with Gasteiger partial charge in [-0.05, 0) is 24.8 Å². The lowest BCUT2D eigenvalue weighted by Gasteiger charge is -2.28. The first-order chi connectivity index (χ1) is 17.5. The first kappa shape index (κ1) is 29.5. The van der Waals surface area contributed by atoms with E-state index in [-0.39, 0.29) is 18.8 Å². The maximum absolute atomic E-state index is 13.3. The van der Waals surface area contributed by atoms with Crippen LogP contribution in [-0.2, 0) is 32.0 Å². The zero-order valence-electron chi connectivity index (χ0n) is 21.2. The number of aromatic amines is 1. The molecule has 2 rings (SSSR count). The molecule has 12 nitrogen and oxygen atoms in total. The Labute approximate surface area is 215 Å². The zero-order valence-corrected chi connectivity index (χ0v) is 21.2. The number of carboxylic acid groups (broad SMARTS) is 1. The second-order valence-corrected chi connectivity index (χ2v) is 9.08. The highest BCUT2D eigenvalue weighted by molar-refractivity contribution is 5.94. The molecule has 0 saturated carbocycles. The molecule has 202 valence electrons. The van der Waals surface area contributed by atoms with E-state index in [9.17, 15) is 29.4 Å². The number of carbonyl (C=O) groups is 4. The van der Waals surface area contributed by atoms with Crippen LogP contribution in [0.3, 0.4) is 0 Å². The van der Waals surface area contributed by atoms with Crippen molar-refractivity contribution in [3.05, 3.63) is 54.1 Å². The molecule has 1 heterocycles. The number of aliphatic hydroxyl groups is 1. The second kappa shape index (κ2) is 14.1. The smallest absolute Gasteiger partial charge is 0.328 e. The monoisotopic (exact) mass is 516 g/mol. The van der Waals surface area contributed by atoms with Gasteiger partial charge in [-0.3, -0.25) is 14.4 Å². The van der Waals surface area contributed by atoms with Crippen molar-refractivity contribution in [2.24, 2.45) is 11.7 Å². The van der Waals surface area contributed by atoms with Crippen molar-refractivity contribution in [1.29, 1.82) is 0 Å². The molecule has 0 aliphatic heterocycles. The van der Waals surface area contributed by atoms with E-state index >= 15 is 0 Å². The minimum atomic E-state index is -1.57. The Hall–Kier alpha value is -3.77. The van der Waals surface area contributed by atoms with Gasteiger partial charge in [-0.1, -0.05) is 50.6 Å². The highest BCUT2D eigenvalue weighted by Crippen LogP contribution is 2.11. The number of nitrogens with two attached hydrogens (primary N) is 1. The van der Waals surface area contributed by atoms with Crippen LogP contribution in [0.25, 0.3) is 0 Å². The average molecular weight is 517 g/mol. The van der Waals surface area contributed by atoms with E-state index in [0.717, 1.165) is 5.56 Å². The van der Waals surface area contributed by atoms with Crippen LogP contribution in [0, 0.1) is 5.92 Å². The van der Waals surface area contributed by atoms with Crippen molar-refractivity contribution in [3.8, 4) is 0 Å². The molecule has 8 N–H and O–H groups in total. The van der Waals surface area contributed by atoms with E-state index in [1.165, 1.54) is 19.4 Å². The summed E-state index contributed by atoms with van der Waals surface area (Å²) in [7, 11) is 0. The van der Waals surface area contributed by atoms with Gasteiger partial charge in [0.1, 0.15) is 12.1 Å². The summed E-state index contributed by atoms with van der Waals surface area (Å²) in [5.74, 6) is -3.68. The largest absolute Gasteiger partial charge is 0.480 e. The summed E-state index contributed by atoms with van der Waals surface area (Å²) in [6.07, 6.45) is 2.29.